The third-order valence-corrected chi connectivity index (χ3v) is 4.07. The monoisotopic (exact) mass is 295 g/mol. The van der Waals surface area contributed by atoms with Crippen LogP contribution in [0.4, 0.5) is 0 Å². The molecule has 0 aromatic heterocycles. The largest absolute Gasteiger partial charge is 0.299 e. The number of benzene rings is 1. The fourth-order valence-electron chi connectivity index (χ4n) is 2.75. The van der Waals surface area contributed by atoms with Crippen LogP contribution in [0.5, 0.6) is 0 Å². The summed E-state index contributed by atoms with van der Waals surface area (Å²) in [6.07, 6.45) is 4.10. The van der Waals surface area contributed by atoms with Crippen molar-refractivity contribution in [3.05, 3.63) is 35.4 Å². The molecule has 1 aromatic rings. The Morgan fingerprint density at radius 1 is 1.41 bits per heavy atom. The average Bonchev–Trinajstić information content (AvgIpc) is 2.30. The second kappa shape index (κ2) is 6.55. The summed E-state index contributed by atoms with van der Waals surface area (Å²) in [7, 11) is 0. The van der Waals surface area contributed by atoms with Gasteiger partial charge in [-0.05, 0) is 44.2 Å². The predicted octanol–water partition coefficient (Wildman–Crippen LogP) is 3.99. The summed E-state index contributed by atoms with van der Waals surface area (Å²) >= 11 is 3.56. The molecule has 0 saturated carbocycles. The van der Waals surface area contributed by atoms with Crippen LogP contribution >= 0.6 is 15.9 Å². The fraction of sp³-hybridized carbons (Fsp3) is 0.600. The van der Waals surface area contributed by atoms with Gasteiger partial charge < -0.3 is 0 Å². The van der Waals surface area contributed by atoms with Crippen LogP contribution in [0.3, 0.4) is 0 Å². The minimum Gasteiger partial charge on any atom is -0.299 e. The molecule has 0 aliphatic carbocycles. The number of alkyl halides is 1. The van der Waals surface area contributed by atoms with Crippen LogP contribution in [-0.4, -0.2) is 23.3 Å². The van der Waals surface area contributed by atoms with Crippen molar-refractivity contribution in [1.29, 1.82) is 0 Å². The van der Waals surface area contributed by atoms with E-state index in [-0.39, 0.29) is 0 Å². The van der Waals surface area contributed by atoms with Crippen molar-refractivity contribution in [2.45, 2.75) is 32.7 Å². The van der Waals surface area contributed by atoms with Crippen LogP contribution in [0.15, 0.2) is 24.3 Å². The van der Waals surface area contributed by atoms with Crippen LogP contribution in [0.25, 0.3) is 0 Å². The molecule has 1 atom stereocenters. The maximum absolute atomic E-state index is 3.56. The average molecular weight is 296 g/mol. The van der Waals surface area contributed by atoms with Crippen LogP contribution in [0, 0.1) is 12.8 Å². The Labute approximate surface area is 113 Å². The van der Waals surface area contributed by atoms with E-state index in [1.54, 1.807) is 0 Å². The van der Waals surface area contributed by atoms with Crippen molar-refractivity contribution >= 4 is 15.9 Å². The first-order valence-electron chi connectivity index (χ1n) is 6.62. The summed E-state index contributed by atoms with van der Waals surface area (Å²) in [6.45, 7) is 5.85. The first-order valence-corrected chi connectivity index (χ1v) is 7.74. The molecule has 1 heterocycles. The molecule has 1 nitrogen and oxygen atoms in total. The van der Waals surface area contributed by atoms with E-state index in [9.17, 15) is 0 Å². The van der Waals surface area contributed by atoms with Gasteiger partial charge in [-0.25, -0.2) is 0 Å². The zero-order chi connectivity index (χ0) is 12.1. The van der Waals surface area contributed by atoms with Gasteiger partial charge >= 0.3 is 0 Å². The summed E-state index contributed by atoms with van der Waals surface area (Å²) in [5.74, 6) is 0.896. The molecule has 1 aliphatic rings. The molecule has 94 valence electrons. The molecule has 1 aliphatic heterocycles. The molecule has 0 radical (unpaired) electrons. The van der Waals surface area contributed by atoms with E-state index in [4.69, 9.17) is 0 Å². The molecule has 0 amide bonds. The maximum Gasteiger partial charge on any atom is 0.0233 e. The highest BCUT2D eigenvalue weighted by Crippen LogP contribution is 2.22. The number of nitrogens with zero attached hydrogens (tertiary/aromatic N) is 1. The minimum atomic E-state index is 0.896. The molecular weight excluding hydrogens is 274 g/mol. The fourth-order valence-corrected chi connectivity index (χ4v) is 3.40. The van der Waals surface area contributed by atoms with Gasteiger partial charge in [0.1, 0.15) is 0 Å². The van der Waals surface area contributed by atoms with Gasteiger partial charge in [0.05, 0.1) is 0 Å². The number of hydrogen-bond acceptors (Lipinski definition) is 1. The second-order valence-corrected chi connectivity index (χ2v) is 6.00. The Bertz CT molecular complexity index is 349. The van der Waals surface area contributed by atoms with Crippen molar-refractivity contribution in [3.8, 4) is 0 Å². The quantitative estimate of drug-likeness (QED) is 0.759. The normalized spacial score (nSPS) is 21.6. The van der Waals surface area contributed by atoms with Crippen molar-refractivity contribution in [3.63, 3.8) is 0 Å². The van der Waals surface area contributed by atoms with E-state index in [0.717, 1.165) is 17.8 Å². The minimum absolute atomic E-state index is 0.896. The van der Waals surface area contributed by atoms with E-state index >= 15 is 0 Å². The van der Waals surface area contributed by atoms with Crippen molar-refractivity contribution in [2.24, 2.45) is 5.92 Å². The van der Waals surface area contributed by atoms with Crippen LogP contribution in [0.1, 0.15) is 30.4 Å². The van der Waals surface area contributed by atoms with Crippen LogP contribution in [0.2, 0.25) is 0 Å². The van der Waals surface area contributed by atoms with E-state index in [1.807, 2.05) is 0 Å². The predicted molar refractivity (Wildman–Crippen MR) is 77.6 cm³/mol. The zero-order valence-electron chi connectivity index (χ0n) is 10.7. The number of likely N-dealkylation sites (tertiary alicyclic amines) is 1. The highest BCUT2D eigenvalue weighted by molar-refractivity contribution is 9.09. The molecule has 2 heteroatoms. The lowest BCUT2D eigenvalue weighted by molar-refractivity contribution is 0.165. The van der Waals surface area contributed by atoms with E-state index < -0.39 is 0 Å². The molecule has 1 saturated heterocycles. The number of piperidine rings is 1. The topological polar surface area (TPSA) is 3.24 Å². The second-order valence-electron chi connectivity index (χ2n) is 5.21. The summed E-state index contributed by atoms with van der Waals surface area (Å²) in [4.78, 5) is 2.62. The lowest BCUT2D eigenvalue weighted by Gasteiger charge is -2.32. The van der Waals surface area contributed by atoms with Crippen LogP contribution in [-0.2, 0) is 6.54 Å². The SMILES string of the molecule is Cc1cccc(CN2CCCC(CCBr)C2)c1. The first kappa shape index (κ1) is 13.1. The Hall–Kier alpha value is -0.340. The highest BCUT2D eigenvalue weighted by atomic mass is 79.9. The molecular formula is C15H22BrN. The highest BCUT2D eigenvalue weighted by Gasteiger charge is 2.19. The number of hydrogen-bond donors (Lipinski definition) is 0. The van der Waals surface area contributed by atoms with Crippen molar-refractivity contribution in [2.75, 3.05) is 18.4 Å². The van der Waals surface area contributed by atoms with Gasteiger partial charge in [0.2, 0.25) is 0 Å². The van der Waals surface area contributed by atoms with Gasteiger partial charge in [0.15, 0.2) is 0 Å². The zero-order valence-corrected chi connectivity index (χ0v) is 12.2. The lowest BCUT2D eigenvalue weighted by atomic mass is 9.95. The van der Waals surface area contributed by atoms with Gasteiger partial charge in [-0.1, -0.05) is 45.8 Å². The molecule has 0 spiro atoms. The smallest absolute Gasteiger partial charge is 0.0233 e. The van der Waals surface area contributed by atoms with Gasteiger partial charge in [-0.2, -0.15) is 0 Å². The summed E-state index contributed by atoms with van der Waals surface area (Å²) < 4.78 is 0. The van der Waals surface area contributed by atoms with Crippen molar-refractivity contribution < 1.29 is 0 Å². The Morgan fingerprint density at radius 3 is 3.06 bits per heavy atom. The molecule has 0 bridgehead atoms. The lowest BCUT2D eigenvalue weighted by Crippen LogP contribution is -2.35. The van der Waals surface area contributed by atoms with E-state index in [1.165, 1.54) is 43.5 Å². The number of aryl methyl sites for hydroxylation is 1. The molecule has 0 N–H and O–H groups in total. The van der Waals surface area contributed by atoms with E-state index in [2.05, 4.69) is 52.0 Å². The summed E-state index contributed by atoms with van der Waals surface area (Å²) in [5, 5.41) is 1.15. The summed E-state index contributed by atoms with van der Waals surface area (Å²) in [6, 6.07) is 8.91. The molecule has 1 unspecified atom stereocenters. The molecule has 1 aromatic carbocycles. The van der Waals surface area contributed by atoms with Gasteiger partial charge in [0, 0.05) is 18.4 Å². The Kier molecular flexibility index (Phi) is 5.05. The molecule has 1 fully saturated rings. The third-order valence-electron chi connectivity index (χ3n) is 3.61. The van der Waals surface area contributed by atoms with Gasteiger partial charge in [-0.15, -0.1) is 0 Å². The molecule has 17 heavy (non-hydrogen) atoms. The van der Waals surface area contributed by atoms with Gasteiger partial charge in [-0.3, -0.25) is 4.90 Å². The van der Waals surface area contributed by atoms with Crippen molar-refractivity contribution in [1.82, 2.24) is 4.90 Å². The molecule has 2 rings (SSSR count). The van der Waals surface area contributed by atoms with E-state index in [0.29, 0.717) is 0 Å². The maximum atomic E-state index is 3.56. The van der Waals surface area contributed by atoms with Gasteiger partial charge in [0.25, 0.3) is 0 Å². The summed E-state index contributed by atoms with van der Waals surface area (Å²) in [5.41, 5.74) is 2.83. The Balaban J connectivity index is 1.90. The third kappa shape index (κ3) is 4.11. The number of rotatable bonds is 4. The number of halogens is 1. The van der Waals surface area contributed by atoms with Crippen LogP contribution < -0.4 is 0 Å². The standard InChI is InChI=1S/C15H22BrN/c1-13-4-2-5-15(10-13)12-17-9-3-6-14(11-17)7-8-16/h2,4-5,10,14H,3,6-9,11-12H2,1H3. The Morgan fingerprint density at radius 2 is 2.29 bits per heavy atom. The first-order chi connectivity index (χ1) is 8.28.